The van der Waals surface area contributed by atoms with Gasteiger partial charge < -0.3 is 10.6 Å². The van der Waals surface area contributed by atoms with Crippen molar-refractivity contribution in [2.75, 3.05) is 5.32 Å². The van der Waals surface area contributed by atoms with Gasteiger partial charge >= 0.3 is 6.03 Å². The molecule has 1 aliphatic rings. The fourth-order valence-electron chi connectivity index (χ4n) is 3.76. The fraction of sp³-hybridized carbons (Fsp3) is 0.318. The van der Waals surface area contributed by atoms with Crippen molar-refractivity contribution in [3.8, 4) is 0 Å². The second-order valence-electron chi connectivity index (χ2n) is 7.25. The number of aromatic nitrogens is 2. The molecular weight excluding hydrogens is 400 g/mol. The Hall–Kier alpha value is -2.38. The van der Waals surface area contributed by atoms with Crippen LogP contribution in [0.2, 0.25) is 0 Å². The smallest absolute Gasteiger partial charge is 0.319 e. The zero-order valence-electron chi connectivity index (χ0n) is 16.3. The van der Waals surface area contributed by atoms with Crippen LogP contribution < -0.4 is 10.6 Å². The summed E-state index contributed by atoms with van der Waals surface area (Å²) >= 11 is 3.22. The van der Waals surface area contributed by atoms with Crippen molar-refractivity contribution < 1.29 is 4.79 Å². The van der Waals surface area contributed by atoms with E-state index in [-0.39, 0.29) is 12.1 Å². The van der Waals surface area contributed by atoms with Crippen molar-refractivity contribution in [1.29, 1.82) is 0 Å². The summed E-state index contributed by atoms with van der Waals surface area (Å²) in [5.41, 5.74) is 1.83. The predicted octanol–water partition coefficient (Wildman–Crippen LogP) is 6.05. The molecule has 1 unspecified atom stereocenters. The molecule has 0 bridgehead atoms. The van der Waals surface area contributed by atoms with Gasteiger partial charge in [0.2, 0.25) is 0 Å². The van der Waals surface area contributed by atoms with Crippen molar-refractivity contribution in [2.45, 2.75) is 48.7 Å². The minimum atomic E-state index is -0.148. The van der Waals surface area contributed by atoms with Crippen LogP contribution in [0.1, 0.15) is 42.2 Å². The van der Waals surface area contributed by atoms with Crippen molar-refractivity contribution in [2.24, 2.45) is 5.92 Å². The topological polar surface area (TPSA) is 66.9 Å². The first-order valence-corrected chi connectivity index (χ1v) is 11.5. The van der Waals surface area contributed by atoms with E-state index in [4.69, 9.17) is 0 Å². The van der Waals surface area contributed by atoms with Gasteiger partial charge in [0.25, 0.3) is 0 Å². The Morgan fingerprint density at radius 1 is 1.17 bits per heavy atom. The predicted molar refractivity (Wildman–Crippen MR) is 119 cm³/mol. The van der Waals surface area contributed by atoms with E-state index < -0.39 is 0 Å². The number of thiophene rings is 1. The molecule has 2 N–H and O–H groups in total. The van der Waals surface area contributed by atoms with Gasteiger partial charge in [-0.3, -0.25) is 0 Å². The Morgan fingerprint density at radius 2 is 1.97 bits per heavy atom. The summed E-state index contributed by atoms with van der Waals surface area (Å²) in [6.45, 7) is 2.00. The number of amides is 2. The Bertz CT molecular complexity index is 941. The van der Waals surface area contributed by atoms with E-state index in [1.54, 1.807) is 29.8 Å². The van der Waals surface area contributed by atoms with Crippen molar-refractivity contribution in [3.63, 3.8) is 0 Å². The third-order valence-electron chi connectivity index (χ3n) is 5.20. The molecule has 5 nitrogen and oxygen atoms in total. The number of aryl methyl sites for hydroxylation is 1. The van der Waals surface area contributed by atoms with Gasteiger partial charge in [0.05, 0.1) is 6.04 Å². The summed E-state index contributed by atoms with van der Waals surface area (Å²) in [6.07, 6.45) is 8.32. The molecule has 1 fully saturated rings. The van der Waals surface area contributed by atoms with Crippen LogP contribution in [0, 0.1) is 12.8 Å². The van der Waals surface area contributed by atoms with Crippen molar-refractivity contribution in [1.82, 2.24) is 15.3 Å². The van der Waals surface area contributed by atoms with Gasteiger partial charge in [0.1, 0.15) is 0 Å². The molecule has 1 aliphatic carbocycles. The van der Waals surface area contributed by atoms with Gasteiger partial charge in [0, 0.05) is 27.9 Å². The maximum Gasteiger partial charge on any atom is 0.319 e. The van der Waals surface area contributed by atoms with Gasteiger partial charge in [-0.1, -0.05) is 18.9 Å². The SMILES string of the molecule is Cc1cc(Sc2ncccn2)ccc1NC(=O)NC(c1cccs1)C1CCCC1. The Kier molecular flexibility index (Phi) is 6.46. The van der Waals surface area contributed by atoms with E-state index in [0.717, 1.165) is 16.1 Å². The van der Waals surface area contributed by atoms with E-state index in [0.29, 0.717) is 11.1 Å². The van der Waals surface area contributed by atoms with Crippen molar-refractivity contribution >= 4 is 34.8 Å². The lowest BCUT2D eigenvalue weighted by molar-refractivity contribution is 0.243. The number of rotatable bonds is 6. The molecule has 1 aromatic carbocycles. The van der Waals surface area contributed by atoms with Crippen LogP contribution >= 0.6 is 23.1 Å². The molecule has 1 atom stereocenters. The number of carbonyl (C=O) groups excluding carboxylic acids is 1. The van der Waals surface area contributed by atoms with Gasteiger partial charge in [0.15, 0.2) is 5.16 Å². The number of hydrogen-bond donors (Lipinski definition) is 2. The van der Waals surface area contributed by atoms with Gasteiger partial charge in [-0.15, -0.1) is 11.3 Å². The molecule has 29 heavy (non-hydrogen) atoms. The monoisotopic (exact) mass is 424 g/mol. The summed E-state index contributed by atoms with van der Waals surface area (Å²) < 4.78 is 0. The minimum Gasteiger partial charge on any atom is -0.330 e. The third-order valence-corrected chi connectivity index (χ3v) is 7.04. The number of anilines is 1. The molecule has 3 aromatic rings. The molecule has 7 heteroatoms. The maximum absolute atomic E-state index is 12.8. The summed E-state index contributed by atoms with van der Waals surface area (Å²) in [4.78, 5) is 23.5. The zero-order valence-corrected chi connectivity index (χ0v) is 17.9. The van der Waals surface area contributed by atoms with Crippen LogP contribution in [-0.4, -0.2) is 16.0 Å². The second kappa shape index (κ2) is 9.41. The zero-order chi connectivity index (χ0) is 20.1. The van der Waals surface area contributed by atoms with Crippen LogP contribution in [0.15, 0.2) is 64.2 Å². The summed E-state index contributed by atoms with van der Waals surface area (Å²) in [7, 11) is 0. The summed E-state index contributed by atoms with van der Waals surface area (Å²) in [5.74, 6) is 0.519. The highest BCUT2D eigenvalue weighted by atomic mass is 32.2. The molecule has 0 aliphatic heterocycles. The van der Waals surface area contributed by atoms with Gasteiger partial charge in [-0.25, -0.2) is 14.8 Å². The number of benzene rings is 1. The van der Waals surface area contributed by atoms with Crippen LogP contribution in [-0.2, 0) is 0 Å². The Morgan fingerprint density at radius 3 is 2.66 bits per heavy atom. The Labute approximate surface area is 179 Å². The lowest BCUT2D eigenvalue weighted by Gasteiger charge is -2.24. The quantitative estimate of drug-likeness (QED) is 0.473. The van der Waals surface area contributed by atoms with E-state index in [1.807, 2.05) is 25.1 Å². The van der Waals surface area contributed by atoms with Gasteiger partial charge in [-0.2, -0.15) is 0 Å². The average molecular weight is 425 g/mol. The van der Waals surface area contributed by atoms with Crippen LogP contribution in [0.4, 0.5) is 10.5 Å². The third kappa shape index (κ3) is 5.16. The van der Waals surface area contributed by atoms with Crippen LogP contribution in [0.25, 0.3) is 0 Å². The standard InChI is InChI=1S/C22H24N4OS2/c1-15-14-17(29-22-23-11-5-12-24-22)9-10-18(15)25-21(27)26-20(16-6-2-3-7-16)19-8-4-13-28-19/h4-5,8-14,16,20H,2-3,6-7H2,1H3,(H2,25,26,27). The Balaban J connectivity index is 1.42. The molecule has 2 aromatic heterocycles. The number of carbonyl (C=O) groups is 1. The summed E-state index contributed by atoms with van der Waals surface area (Å²) in [6, 6.07) is 11.9. The van der Waals surface area contributed by atoms with E-state index in [1.165, 1.54) is 42.3 Å². The fourth-order valence-corrected chi connectivity index (χ4v) is 5.44. The number of hydrogen-bond acceptors (Lipinski definition) is 5. The number of urea groups is 1. The molecule has 2 heterocycles. The lowest BCUT2D eigenvalue weighted by Crippen LogP contribution is -2.35. The molecule has 150 valence electrons. The first-order valence-electron chi connectivity index (χ1n) is 9.85. The first kappa shape index (κ1) is 19.9. The van der Waals surface area contributed by atoms with Crippen LogP contribution in [0.5, 0.6) is 0 Å². The molecule has 0 radical (unpaired) electrons. The molecule has 0 spiro atoms. The first-order chi connectivity index (χ1) is 14.2. The minimum absolute atomic E-state index is 0.0860. The van der Waals surface area contributed by atoms with E-state index >= 15 is 0 Å². The maximum atomic E-state index is 12.8. The van der Waals surface area contributed by atoms with E-state index in [2.05, 4.69) is 38.1 Å². The molecule has 0 saturated heterocycles. The average Bonchev–Trinajstić information content (AvgIpc) is 3.43. The molecule has 4 rings (SSSR count). The summed E-state index contributed by atoms with van der Waals surface area (Å²) in [5, 5.41) is 9.04. The lowest BCUT2D eigenvalue weighted by atomic mass is 9.97. The highest BCUT2D eigenvalue weighted by Crippen LogP contribution is 2.37. The number of nitrogens with one attached hydrogen (secondary N) is 2. The highest BCUT2D eigenvalue weighted by Gasteiger charge is 2.28. The normalized spacial score (nSPS) is 15.2. The molecular formula is C22H24N4OS2. The van der Waals surface area contributed by atoms with Crippen LogP contribution in [0.3, 0.4) is 0 Å². The molecule has 1 saturated carbocycles. The number of nitrogens with zero attached hydrogens (tertiary/aromatic N) is 2. The second-order valence-corrected chi connectivity index (χ2v) is 9.27. The van der Waals surface area contributed by atoms with E-state index in [9.17, 15) is 4.79 Å². The van der Waals surface area contributed by atoms with Crippen molar-refractivity contribution in [3.05, 3.63) is 64.6 Å². The highest BCUT2D eigenvalue weighted by molar-refractivity contribution is 7.99. The molecule has 2 amide bonds. The van der Waals surface area contributed by atoms with Gasteiger partial charge in [-0.05, 0) is 78.7 Å². The largest absolute Gasteiger partial charge is 0.330 e.